The van der Waals surface area contributed by atoms with Gasteiger partial charge in [-0.15, -0.1) is 11.3 Å². The highest BCUT2D eigenvalue weighted by Gasteiger charge is 2.39. The molecule has 32 heavy (non-hydrogen) atoms. The van der Waals surface area contributed by atoms with Crippen LogP contribution in [0, 0.1) is 6.92 Å². The molecule has 1 aromatic heterocycles. The quantitative estimate of drug-likeness (QED) is 0.582. The van der Waals surface area contributed by atoms with Gasteiger partial charge in [0.05, 0.1) is 16.3 Å². The Morgan fingerprint density at radius 2 is 2.03 bits per heavy atom. The summed E-state index contributed by atoms with van der Waals surface area (Å²) in [4.78, 5) is 32.3. The smallest absolute Gasteiger partial charge is 0.223 e. The molecule has 5 rings (SSSR count). The van der Waals surface area contributed by atoms with Crippen molar-refractivity contribution in [3.05, 3.63) is 64.7 Å². The fourth-order valence-corrected chi connectivity index (χ4v) is 6.24. The molecule has 2 amide bonds. The normalized spacial score (nSPS) is 23.1. The SMILES string of the molecule is Cc1ccc(C[C@@]2(CCC(=O)N3CCC[C@@H]3c3nc4ccccc4s3)CCC(=O)N2)cc1. The fraction of sp³-hybridized carbons (Fsp3) is 0.423. The van der Waals surface area contributed by atoms with Crippen LogP contribution in [0.4, 0.5) is 0 Å². The number of para-hydroxylation sites is 1. The van der Waals surface area contributed by atoms with Gasteiger partial charge < -0.3 is 10.2 Å². The third-order valence-electron chi connectivity index (χ3n) is 6.88. The Bertz CT molecular complexity index is 1110. The molecule has 0 aliphatic carbocycles. The highest BCUT2D eigenvalue weighted by Crippen LogP contribution is 2.38. The topological polar surface area (TPSA) is 62.3 Å². The van der Waals surface area contributed by atoms with E-state index in [0.717, 1.165) is 42.8 Å². The van der Waals surface area contributed by atoms with E-state index >= 15 is 0 Å². The van der Waals surface area contributed by atoms with Crippen molar-refractivity contribution < 1.29 is 9.59 Å². The van der Waals surface area contributed by atoms with Crippen LogP contribution in [-0.4, -0.2) is 33.8 Å². The Balaban J connectivity index is 1.29. The Morgan fingerprint density at radius 3 is 2.78 bits per heavy atom. The number of aromatic nitrogens is 1. The van der Waals surface area contributed by atoms with Crippen LogP contribution in [0.5, 0.6) is 0 Å². The highest BCUT2D eigenvalue weighted by atomic mass is 32.1. The molecule has 0 radical (unpaired) electrons. The molecule has 0 spiro atoms. The molecule has 1 N–H and O–H groups in total. The lowest BCUT2D eigenvalue weighted by molar-refractivity contribution is -0.132. The number of amides is 2. The van der Waals surface area contributed by atoms with Crippen molar-refractivity contribution in [1.82, 2.24) is 15.2 Å². The minimum absolute atomic E-state index is 0.0751. The number of nitrogens with one attached hydrogen (secondary N) is 1. The molecule has 6 heteroatoms. The average molecular weight is 448 g/mol. The number of carbonyl (C=O) groups is 2. The van der Waals surface area contributed by atoms with E-state index in [1.807, 2.05) is 23.1 Å². The first-order valence-corrected chi connectivity index (χ1v) is 12.3. The van der Waals surface area contributed by atoms with Gasteiger partial charge in [-0.05, 0) is 56.7 Å². The van der Waals surface area contributed by atoms with Crippen LogP contribution in [0.2, 0.25) is 0 Å². The molecule has 2 fully saturated rings. The molecule has 2 atom stereocenters. The van der Waals surface area contributed by atoms with E-state index in [4.69, 9.17) is 4.98 Å². The summed E-state index contributed by atoms with van der Waals surface area (Å²) in [7, 11) is 0. The van der Waals surface area contributed by atoms with Gasteiger partial charge in [0.15, 0.2) is 0 Å². The van der Waals surface area contributed by atoms with Crippen LogP contribution in [-0.2, 0) is 16.0 Å². The molecular formula is C26H29N3O2S. The van der Waals surface area contributed by atoms with E-state index in [1.54, 1.807) is 11.3 Å². The standard InChI is InChI=1S/C26H29N3O2S/c1-18-8-10-19(11-9-18)17-26(14-12-23(30)28-26)15-13-24(31)29-16-4-6-21(29)25-27-20-5-2-3-7-22(20)32-25/h2-3,5,7-11,21H,4,6,12-17H2,1H3,(H,28,30)/t21-,26+/m1/s1. The Kier molecular flexibility index (Phi) is 5.72. The molecule has 0 saturated carbocycles. The number of benzene rings is 2. The molecule has 0 bridgehead atoms. The largest absolute Gasteiger partial charge is 0.350 e. The third kappa shape index (κ3) is 4.29. The summed E-state index contributed by atoms with van der Waals surface area (Å²) in [6.07, 6.45) is 5.20. The summed E-state index contributed by atoms with van der Waals surface area (Å²) in [6, 6.07) is 16.7. The number of nitrogens with zero attached hydrogens (tertiary/aromatic N) is 2. The maximum absolute atomic E-state index is 13.3. The number of rotatable bonds is 6. The van der Waals surface area contributed by atoms with Gasteiger partial charge in [0.1, 0.15) is 5.01 Å². The van der Waals surface area contributed by atoms with E-state index in [0.29, 0.717) is 19.3 Å². The minimum Gasteiger partial charge on any atom is -0.350 e. The van der Waals surface area contributed by atoms with Crippen LogP contribution in [0.15, 0.2) is 48.5 Å². The lowest BCUT2D eigenvalue weighted by atomic mass is 9.84. The van der Waals surface area contributed by atoms with Crippen molar-refractivity contribution in [1.29, 1.82) is 0 Å². The summed E-state index contributed by atoms with van der Waals surface area (Å²) >= 11 is 1.70. The number of hydrogen-bond acceptors (Lipinski definition) is 4. The van der Waals surface area contributed by atoms with Crippen molar-refractivity contribution in [3.63, 3.8) is 0 Å². The third-order valence-corrected chi connectivity index (χ3v) is 8.02. The van der Waals surface area contributed by atoms with Gasteiger partial charge in [-0.25, -0.2) is 4.98 Å². The van der Waals surface area contributed by atoms with E-state index in [1.165, 1.54) is 15.8 Å². The summed E-state index contributed by atoms with van der Waals surface area (Å²) in [6.45, 7) is 2.87. The second kappa shape index (κ2) is 8.66. The van der Waals surface area contributed by atoms with Crippen LogP contribution < -0.4 is 5.32 Å². The van der Waals surface area contributed by atoms with Crippen molar-refractivity contribution in [2.75, 3.05) is 6.54 Å². The summed E-state index contributed by atoms with van der Waals surface area (Å²) < 4.78 is 1.17. The number of fused-ring (bicyclic) bond motifs is 1. The van der Waals surface area contributed by atoms with Gasteiger partial charge in [0.2, 0.25) is 11.8 Å². The molecule has 3 heterocycles. The van der Waals surface area contributed by atoms with Crippen molar-refractivity contribution in [2.45, 2.75) is 63.5 Å². The Labute approximate surface area is 192 Å². The van der Waals surface area contributed by atoms with E-state index < -0.39 is 0 Å². The van der Waals surface area contributed by atoms with Crippen LogP contribution in [0.3, 0.4) is 0 Å². The minimum atomic E-state index is -0.326. The lowest BCUT2D eigenvalue weighted by Gasteiger charge is -2.31. The summed E-state index contributed by atoms with van der Waals surface area (Å²) in [5.74, 6) is 0.272. The number of hydrogen-bond donors (Lipinski definition) is 1. The number of thiazole rings is 1. The average Bonchev–Trinajstić information content (AvgIpc) is 3.52. The zero-order chi connectivity index (χ0) is 22.1. The number of likely N-dealkylation sites (tertiary alicyclic amines) is 1. The molecule has 2 aliphatic rings. The number of carbonyl (C=O) groups excluding carboxylic acids is 2. The fourth-order valence-electron chi connectivity index (χ4n) is 5.12. The predicted octanol–water partition coefficient (Wildman–Crippen LogP) is 4.94. The van der Waals surface area contributed by atoms with Crippen molar-refractivity contribution >= 4 is 33.4 Å². The van der Waals surface area contributed by atoms with Crippen molar-refractivity contribution in [2.24, 2.45) is 0 Å². The second-order valence-corrected chi connectivity index (χ2v) is 10.3. The van der Waals surface area contributed by atoms with E-state index in [2.05, 4.69) is 42.6 Å². The van der Waals surface area contributed by atoms with Gasteiger partial charge in [0.25, 0.3) is 0 Å². The monoisotopic (exact) mass is 447 g/mol. The molecule has 166 valence electrons. The first-order valence-electron chi connectivity index (χ1n) is 11.5. The number of aryl methyl sites for hydroxylation is 1. The van der Waals surface area contributed by atoms with Crippen LogP contribution in [0.25, 0.3) is 10.2 Å². The highest BCUT2D eigenvalue weighted by molar-refractivity contribution is 7.18. The van der Waals surface area contributed by atoms with Crippen LogP contribution >= 0.6 is 11.3 Å². The van der Waals surface area contributed by atoms with E-state index in [9.17, 15) is 9.59 Å². The summed E-state index contributed by atoms with van der Waals surface area (Å²) in [5, 5.41) is 4.26. The molecule has 0 unspecified atom stereocenters. The Morgan fingerprint density at radius 1 is 1.22 bits per heavy atom. The second-order valence-electron chi connectivity index (χ2n) is 9.26. The molecule has 2 aromatic carbocycles. The molecule has 5 nitrogen and oxygen atoms in total. The summed E-state index contributed by atoms with van der Waals surface area (Å²) in [5.41, 5.74) is 3.12. The van der Waals surface area contributed by atoms with Gasteiger partial charge in [-0.2, -0.15) is 0 Å². The maximum Gasteiger partial charge on any atom is 0.223 e. The zero-order valence-corrected chi connectivity index (χ0v) is 19.3. The lowest BCUT2D eigenvalue weighted by Crippen LogP contribution is -2.44. The first kappa shape index (κ1) is 21.1. The van der Waals surface area contributed by atoms with Gasteiger partial charge in [-0.3, -0.25) is 9.59 Å². The zero-order valence-electron chi connectivity index (χ0n) is 18.5. The van der Waals surface area contributed by atoms with E-state index in [-0.39, 0.29) is 23.4 Å². The van der Waals surface area contributed by atoms with Crippen LogP contribution in [0.1, 0.15) is 60.7 Å². The predicted molar refractivity (Wildman–Crippen MR) is 128 cm³/mol. The molecule has 3 aromatic rings. The molecule has 2 aliphatic heterocycles. The molecular weight excluding hydrogens is 418 g/mol. The maximum atomic E-state index is 13.3. The molecule has 2 saturated heterocycles. The van der Waals surface area contributed by atoms with Gasteiger partial charge in [0, 0.05) is 24.9 Å². The van der Waals surface area contributed by atoms with Gasteiger partial charge in [-0.1, -0.05) is 42.0 Å². The van der Waals surface area contributed by atoms with Crippen molar-refractivity contribution in [3.8, 4) is 0 Å². The Hall–Kier alpha value is -2.73. The first-order chi connectivity index (χ1) is 15.5. The van der Waals surface area contributed by atoms with Gasteiger partial charge >= 0.3 is 0 Å².